The van der Waals surface area contributed by atoms with Gasteiger partial charge in [0.25, 0.3) is 5.79 Å². The van der Waals surface area contributed by atoms with Gasteiger partial charge < -0.3 is 27.6 Å². The topological polar surface area (TPSA) is 65.2 Å². The maximum Gasteiger partial charge on any atom is 0.421 e. The Balaban J connectivity index is 1.33. The van der Waals surface area contributed by atoms with Gasteiger partial charge in [-0.2, -0.15) is 0 Å². The molecule has 0 radical (unpaired) electrons. The van der Waals surface area contributed by atoms with Gasteiger partial charge in [-0.15, -0.1) is 0 Å². The number of rotatable bonds is 12. The van der Waals surface area contributed by atoms with Gasteiger partial charge in [-0.05, 0) is 105 Å². The van der Waals surface area contributed by atoms with Gasteiger partial charge in [0, 0.05) is 36.6 Å². The highest BCUT2D eigenvalue weighted by atomic mass is 31.2. The largest absolute Gasteiger partial charge is 0.448 e. The van der Waals surface area contributed by atoms with Crippen molar-refractivity contribution < 1.29 is 27.6 Å². The molecule has 5 atom stereocenters. The molecule has 0 aliphatic carbocycles. The zero-order chi connectivity index (χ0) is 33.7. The highest BCUT2D eigenvalue weighted by molar-refractivity contribution is 7.46. The number of allylic oxidation sites excluding steroid dienone is 5. The average Bonchev–Trinajstić information content (AvgIpc) is 3.83. The van der Waals surface area contributed by atoms with E-state index in [1.165, 1.54) is 0 Å². The van der Waals surface area contributed by atoms with Gasteiger partial charge in [0.05, 0.1) is 0 Å². The van der Waals surface area contributed by atoms with Crippen LogP contribution in [0.25, 0.3) is 0 Å². The summed E-state index contributed by atoms with van der Waals surface area (Å²) < 4.78 is 44.0. The quantitative estimate of drug-likeness (QED) is 0.0841. The Hall–Kier alpha value is -4.38. The molecule has 0 N–H and O–H groups in total. The molecule has 250 valence electrons. The van der Waals surface area contributed by atoms with Crippen LogP contribution in [0, 0.1) is 11.8 Å². The maximum absolute atomic E-state index is 7.06. The zero-order valence-corrected chi connectivity index (χ0v) is 29.8. The van der Waals surface area contributed by atoms with Gasteiger partial charge in [0.2, 0.25) is 0 Å². The lowest BCUT2D eigenvalue weighted by atomic mass is 9.78. The molecule has 1 spiro atoms. The summed E-state index contributed by atoms with van der Waals surface area (Å²) in [6, 6.07) is 19.9. The van der Waals surface area contributed by atoms with Crippen LogP contribution in [0.3, 0.4) is 0 Å². The summed E-state index contributed by atoms with van der Waals surface area (Å²) in [4.78, 5) is 0. The first-order chi connectivity index (χ1) is 23.4. The van der Waals surface area contributed by atoms with Crippen molar-refractivity contribution in [1.29, 1.82) is 0 Å². The van der Waals surface area contributed by atoms with Crippen LogP contribution in [-0.4, -0.2) is 14.5 Å². The Morgan fingerprint density at radius 1 is 0.729 bits per heavy atom. The number of benzene rings is 2. The fourth-order valence-corrected chi connectivity index (χ4v) is 8.51. The van der Waals surface area contributed by atoms with Gasteiger partial charge in [-0.3, -0.25) is 8.68 Å². The van der Waals surface area contributed by atoms with Gasteiger partial charge >= 0.3 is 17.1 Å². The molecule has 6 rings (SSSR count). The van der Waals surface area contributed by atoms with Gasteiger partial charge in [-0.25, -0.2) is 0 Å². The summed E-state index contributed by atoms with van der Waals surface area (Å²) >= 11 is 0. The predicted molar refractivity (Wildman–Crippen MR) is 192 cm³/mol. The molecule has 2 aliphatic rings. The van der Waals surface area contributed by atoms with Crippen LogP contribution in [0.4, 0.5) is 0 Å². The fraction of sp³-hybridized carbons (Fsp3) is 0.263. The molecule has 0 saturated heterocycles. The molecule has 4 heterocycles. The molecule has 0 bridgehead atoms. The van der Waals surface area contributed by atoms with E-state index in [0.29, 0.717) is 28.8 Å². The summed E-state index contributed by atoms with van der Waals surface area (Å²) in [5.41, 5.74) is 2.12. The monoisotopic (exact) mass is 684 g/mol. The first-order valence-corrected chi connectivity index (χ1v) is 18.4. The Morgan fingerprint density at radius 2 is 1.19 bits per heavy atom. The van der Waals surface area contributed by atoms with Crippen LogP contribution >= 0.6 is 17.1 Å². The van der Waals surface area contributed by atoms with E-state index in [9.17, 15) is 0 Å². The van der Waals surface area contributed by atoms with E-state index in [1.54, 1.807) is 6.08 Å². The minimum atomic E-state index is -1.59. The van der Waals surface area contributed by atoms with E-state index in [2.05, 4.69) is 32.6 Å². The molecule has 2 aromatic heterocycles. The molecular weight excluding hydrogens is 642 g/mol. The molecule has 8 nitrogen and oxygen atoms in total. The lowest BCUT2D eigenvalue weighted by Crippen LogP contribution is -2.58. The Bertz CT molecular complexity index is 1800. The number of nitrogens with zero attached hydrogens (tertiary/aromatic N) is 2. The van der Waals surface area contributed by atoms with Gasteiger partial charge in [0.1, 0.15) is 11.5 Å². The highest BCUT2D eigenvalue weighted by Gasteiger charge is 2.53. The SMILES string of the molecule is C=C/C(=C\C)OP(Oc1cccc2c1O[C@@]1(Oc3c(cccc3OP(OC(/C=C\C)=C/C)n3cccc3)C[C@H]1C)C(C)C2)n1cccc1. The van der Waals surface area contributed by atoms with Crippen molar-refractivity contribution in [2.75, 3.05) is 0 Å². The van der Waals surface area contributed by atoms with Gasteiger partial charge in [0.15, 0.2) is 23.0 Å². The number of aromatic nitrogens is 2. The Kier molecular flexibility index (Phi) is 10.3. The first-order valence-electron chi connectivity index (χ1n) is 16.2. The molecule has 0 saturated carbocycles. The van der Waals surface area contributed by atoms with E-state index in [4.69, 9.17) is 27.6 Å². The number of fused-ring (bicyclic) bond motifs is 2. The number of para-hydroxylation sites is 2. The molecule has 48 heavy (non-hydrogen) atoms. The Labute approximate surface area is 285 Å². The third-order valence-corrected chi connectivity index (χ3v) is 11.2. The molecule has 2 aliphatic heterocycles. The van der Waals surface area contributed by atoms with Crippen molar-refractivity contribution in [2.24, 2.45) is 11.8 Å². The summed E-state index contributed by atoms with van der Waals surface area (Å²) in [5.74, 6) is 2.97. The predicted octanol–water partition coefficient (Wildman–Crippen LogP) is 10.7. The van der Waals surface area contributed by atoms with Crippen LogP contribution in [-0.2, 0) is 21.9 Å². The third-order valence-electron chi connectivity index (χ3n) is 8.45. The maximum atomic E-state index is 7.06. The zero-order valence-electron chi connectivity index (χ0n) is 28.0. The van der Waals surface area contributed by atoms with Crippen molar-refractivity contribution in [1.82, 2.24) is 8.68 Å². The van der Waals surface area contributed by atoms with Crippen LogP contribution in [0.15, 0.2) is 134 Å². The summed E-state index contributed by atoms with van der Waals surface area (Å²) in [5, 5.41) is 0. The van der Waals surface area contributed by atoms with Crippen molar-refractivity contribution >= 4 is 17.1 Å². The lowest BCUT2D eigenvalue weighted by molar-refractivity contribution is -0.203. The molecular formula is C38H42N2O6P2. The highest BCUT2D eigenvalue weighted by Crippen LogP contribution is 2.55. The van der Waals surface area contributed by atoms with Crippen molar-refractivity contribution in [3.63, 3.8) is 0 Å². The van der Waals surface area contributed by atoms with Crippen molar-refractivity contribution in [3.8, 4) is 23.0 Å². The fourth-order valence-electron chi connectivity index (χ4n) is 5.99. The molecule has 2 aromatic carbocycles. The van der Waals surface area contributed by atoms with E-state index >= 15 is 0 Å². The minimum Gasteiger partial charge on any atom is -0.448 e. The third kappa shape index (κ3) is 6.78. The van der Waals surface area contributed by atoms with E-state index < -0.39 is 22.8 Å². The summed E-state index contributed by atoms with van der Waals surface area (Å²) in [6.45, 7) is 14.1. The van der Waals surface area contributed by atoms with Crippen LogP contribution in [0.1, 0.15) is 45.7 Å². The van der Waals surface area contributed by atoms with E-state index in [1.807, 2.05) is 127 Å². The number of ether oxygens (including phenoxy) is 2. The number of hydrogen-bond donors (Lipinski definition) is 0. The van der Waals surface area contributed by atoms with Crippen LogP contribution in [0.2, 0.25) is 0 Å². The normalized spacial score (nSPS) is 21.8. The standard InChI is InChI=1S/C38H42N2O6P2/c1-7-17-33(10-4)44-48(40-24-13-14-25-40)46-35-21-16-19-31-27-29(6)38(42-37(31)35)28(5)26-30-18-15-20-34(36(30)41-38)45-47(39-22-11-12-23-39)43-32(8-2)9-3/h7-25,28-29H,2,26-27H2,1,3-6H3/b17-7-,32-9+,33-10+/t28?,29-,38-,47?,48?/m1/s1. The molecule has 0 fully saturated rings. The van der Waals surface area contributed by atoms with Crippen molar-refractivity contribution in [3.05, 3.63) is 145 Å². The van der Waals surface area contributed by atoms with E-state index in [0.717, 1.165) is 29.7 Å². The smallest absolute Gasteiger partial charge is 0.421 e. The second-order valence-corrected chi connectivity index (χ2v) is 14.3. The Morgan fingerprint density at radius 3 is 1.60 bits per heavy atom. The first kappa shape index (κ1) is 33.5. The molecule has 10 heteroatoms. The van der Waals surface area contributed by atoms with Crippen molar-refractivity contribution in [2.45, 2.75) is 53.2 Å². The summed E-state index contributed by atoms with van der Waals surface area (Å²) in [7, 11) is -3.16. The lowest BCUT2D eigenvalue weighted by Gasteiger charge is -2.49. The second-order valence-electron chi connectivity index (χ2n) is 11.7. The van der Waals surface area contributed by atoms with Crippen LogP contribution < -0.4 is 18.5 Å². The molecule has 3 unspecified atom stereocenters. The summed E-state index contributed by atoms with van der Waals surface area (Å²) in [6.07, 6.45) is 18.6. The minimum absolute atomic E-state index is 0.0283. The van der Waals surface area contributed by atoms with Gasteiger partial charge in [-0.1, -0.05) is 50.8 Å². The van der Waals surface area contributed by atoms with E-state index in [-0.39, 0.29) is 11.8 Å². The number of hydrogen-bond acceptors (Lipinski definition) is 6. The molecule has 4 aromatic rings. The molecule has 0 amide bonds. The average molecular weight is 685 g/mol. The van der Waals surface area contributed by atoms with Crippen LogP contribution in [0.5, 0.6) is 23.0 Å². The second kappa shape index (κ2) is 14.8.